The summed E-state index contributed by atoms with van der Waals surface area (Å²) >= 11 is 0. The predicted molar refractivity (Wildman–Crippen MR) is 94.2 cm³/mol. The van der Waals surface area contributed by atoms with Crippen molar-refractivity contribution in [1.29, 1.82) is 0 Å². The second-order valence-electron chi connectivity index (χ2n) is 5.50. The summed E-state index contributed by atoms with van der Waals surface area (Å²) in [4.78, 5) is 10.9. The summed E-state index contributed by atoms with van der Waals surface area (Å²) in [6.45, 7) is 0. The Morgan fingerprint density at radius 1 is 1.15 bits per heavy atom. The molecule has 2 aromatic rings. The van der Waals surface area contributed by atoms with Crippen LogP contribution in [0.3, 0.4) is 0 Å². The molecular formula is C16H15N3O6S. The molecule has 136 valence electrons. The van der Waals surface area contributed by atoms with Crippen LogP contribution in [0.15, 0.2) is 54.5 Å². The Labute approximate surface area is 149 Å². The number of aliphatic hydroxyl groups excluding tert-OH is 1. The topological polar surface area (TPSA) is 139 Å². The van der Waals surface area contributed by atoms with Gasteiger partial charge in [0.25, 0.3) is 0 Å². The van der Waals surface area contributed by atoms with Gasteiger partial charge in [0.1, 0.15) is 11.4 Å². The first-order chi connectivity index (χ1) is 12.3. The quantitative estimate of drug-likeness (QED) is 0.553. The van der Waals surface area contributed by atoms with Gasteiger partial charge in [-0.2, -0.15) is 8.42 Å². The SMILES string of the molecule is O=C(O)Nc1ccccc1Cc1ccc(N2C=C(O)NS2(=O)=O)c(O)c1. The van der Waals surface area contributed by atoms with Crippen LogP contribution in [0.1, 0.15) is 11.1 Å². The first kappa shape index (κ1) is 17.4. The number of carbonyl (C=O) groups is 1. The van der Waals surface area contributed by atoms with Crippen molar-refractivity contribution in [3.8, 4) is 5.75 Å². The number of amides is 1. The van der Waals surface area contributed by atoms with Crippen molar-refractivity contribution in [3.05, 3.63) is 65.7 Å². The largest absolute Gasteiger partial charge is 0.506 e. The zero-order chi connectivity index (χ0) is 18.9. The summed E-state index contributed by atoms with van der Waals surface area (Å²) in [6, 6.07) is 11.2. The molecule has 0 unspecified atom stereocenters. The van der Waals surface area contributed by atoms with Gasteiger partial charge in [-0.25, -0.2) is 13.8 Å². The first-order valence-corrected chi connectivity index (χ1v) is 8.83. The van der Waals surface area contributed by atoms with Crippen molar-refractivity contribution in [2.24, 2.45) is 0 Å². The molecule has 1 amide bonds. The smallest absolute Gasteiger partial charge is 0.409 e. The normalized spacial score (nSPS) is 15.2. The van der Waals surface area contributed by atoms with Gasteiger partial charge in [0.05, 0.1) is 6.20 Å². The maximum Gasteiger partial charge on any atom is 0.409 e. The van der Waals surface area contributed by atoms with Crippen molar-refractivity contribution in [1.82, 2.24) is 4.72 Å². The van der Waals surface area contributed by atoms with Crippen LogP contribution in [-0.2, 0) is 16.6 Å². The standard InChI is InChI=1S/C16H15N3O6S/c20-14-8-10(7-11-3-1-2-4-12(11)17-16(22)23)5-6-13(14)19-9-15(21)18-26(19,24)25/h1-6,8-9,17-18,20-21H,7H2,(H,22,23). The molecule has 1 aliphatic heterocycles. The van der Waals surface area contributed by atoms with Gasteiger partial charge in [-0.1, -0.05) is 24.3 Å². The Morgan fingerprint density at radius 3 is 2.50 bits per heavy atom. The second-order valence-corrected chi connectivity index (χ2v) is 7.05. The first-order valence-electron chi connectivity index (χ1n) is 7.39. The lowest BCUT2D eigenvalue weighted by molar-refractivity contribution is 0.209. The maximum atomic E-state index is 11.9. The van der Waals surface area contributed by atoms with E-state index in [9.17, 15) is 23.4 Å². The van der Waals surface area contributed by atoms with E-state index in [1.54, 1.807) is 30.3 Å². The highest BCUT2D eigenvalue weighted by atomic mass is 32.2. The number of phenolic OH excluding ortho intramolecular Hbond substituents is 1. The number of hydrogen-bond acceptors (Lipinski definition) is 5. The Morgan fingerprint density at radius 2 is 1.88 bits per heavy atom. The molecule has 0 aliphatic carbocycles. The van der Waals surface area contributed by atoms with Gasteiger partial charge in [0.2, 0.25) is 5.88 Å². The molecule has 3 rings (SSSR count). The van der Waals surface area contributed by atoms with Gasteiger partial charge < -0.3 is 15.3 Å². The number of carboxylic acid groups (broad SMARTS) is 1. The lowest BCUT2D eigenvalue weighted by atomic mass is 10.0. The van der Waals surface area contributed by atoms with Gasteiger partial charge in [0, 0.05) is 5.69 Å². The molecule has 0 aromatic heterocycles. The number of nitrogens with one attached hydrogen (secondary N) is 2. The molecule has 0 spiro atoms. The zero-order valence-electron chi connectivity index (χ0n) is 13.2. The van der Waals surface area contributed by atoms with E-state index in [0.717, 1.165) is 10.5 Å². The highest BCUT2D eigenvalue weighted by Crippen LogP contribution is 2.33. The molecule has 0 radical (unpaired) electrons. The molecule has 1 aliphatic rings. The molecular weight excluding hydrogens is 362 g/mol. The molecule has 0 fully saturated rings. The van der Waals surface area contributed by atoms with E-state index in [1.165, 1.54) is 12.1 Å². The second kappa shape index (κ2) is 6.48. The summed E-state index contributed by atoms with van der Waals surface area (Å²) in [5.74, 6) is -0.857. The van der Waals surface area contributed by atoms with Crippen LogP contribution < -0.4 is 14.3 Å². The third-order valence-electron chi connectivity index (χ3n) is 3.66. The lowest BCUT2D eigenvalue weighted by Gasteiger charge is -2.16. The van der Waals surface area contributed by atoms with Crippen LogP contribution in [0, 0.1) is 0 Å². The van der Waals surface area contributed by atoms with E-state index in [1.807, 2.05) is 4.72 Å². The van der Waals surface area contributed by atoms with Gasteiger partial charge in [-0.3, -0.25) is 5.32 Å². The molecule has 5 N–H and O–H groups in total. The van der Waals surface area contributed by atoms with Crippen molar-refractivity contribution >= 4 is 27.7 Å². The maximum absolute atomic E-state index is 11.9. The van der Waals surface area contributed by atoms with Crippen molar-refractivity contribution < 1.29 is 28.5 Å². The molecule has 26 heavy (non-hydrogen) atoms. The molecule has 0 bridgehead atoms. The minimum Gasteiger partial charge on any atom is -0.506 e. The van der Waals surface area contributed by atoms with Crippen molar-refractivity contribution in [2.75, 3.05) is 9.62 Å². The summed E-state index contributed by atoms with van der Waals surface area (Å²) in [5.41, 5.74) is 1.73. The molecule has 9 nitrogen and oxygen atoms in total. The average molecular weight is 377 g/mol. The summed E-state index contributed by atoms with van der Waals surface area (Å²) in [7, 11) is -4.00. The van der Waals surface area contributed by atoms with Crippen LogP contribution >= 0.6 is 0 Å². The third kappa shape index (κ3) is 3.49. The number of rotatable bonds is 4. The van der Waals surface area contributed by atoms with E-state index in [0.29, 0.717) is 23.2 Å². The number of hydrogen-bond donors (Lipinski definition) is 5. The highest BCUT2D eigenvalue weighted by molar-refractivity contribution is 7.91. The highest BCUT2D eigenvalue weighted by Gasteiger charge is 2.30. The number of phenols is 1. The molecule has 2 aromatic carbocycles. The fourth-order valence-corrected chi connectivity index (χ4v) is 3.65. The monoisotopic (exact) mass is 377 g/mol. The van der Waals surface area contributed by atoms with Gasteiger partial charge >= 0.3 is 16.3 Å². The molecule has 0 saturated carbocycles. The van der Waals surface area contributed by atoms with Crippen LogP contribution in [0.4, 0.5) is 16.2 Å². The average Bonchev–Trinajstić information content (AvgIpc) is 2.81. The van der Waals surface area contributed by atoms with E-state index in [2.05, 4.69) is 5.32 Å². The van der Waals surface area contributed by atoms with Gasteiger partial charge in [-0.15, -0.1) is 0 Å². The summed E-state index contributed by atoms with van der Waals surface area (Å²) in [6.07, 6.45) is 0.0703. The number of aromatic hydroxyl groups is 1. The predicted octanol–water partition coefficient (Wildman–Crippen LogP) is 2.08. The number of aliphatic hydroxyl groups is 1. The van der Waals surface area contributed by atoms with E-state index in [4.69, 9.17) is 5.11 Å². The van der Waals surface area contributed by atoms with Crippen molar-refractivity contribution in [2.45, 2.75) is 6.42 Å². The number of nitrogens with zero attached hydrogens (tertiary/aromatic N) is 1. The van der Waals surface area contributed by atoms with Crippen LogP contribution in [0.25, 0.3) is 0 Å². The van der Waals surface area contributed by atoms with E-state index >= 15 is 0 Å². The zero-order valence-corrected chi connectivity index (χ0v) is 14.1. The Balaban J connectivity index is 1.89. The van der Waals surface area contributed by atoms with Crippen LogP contribution in [0.5, 0.6) is 5.75 Å². The molecule has 0 atom stereocenters. The fourth-order valence-electron chi connectivity index (χ4n) is 2.58. The van der Waals surface area contributed by atoms with Crippen LogP contribution in [0.2, 0.25) is 0 Å². The van der Waals surface area contributed by atoms with Gasteiger partial charge in [-0.05, 0) is 35.7 Å². The van der Waals surface area contributed by atoms with Crippen LogP contribution in [-0.4, -0.2) is 29.8 Å². The number of benzene rings is 2. The Kier molecular flexibility index (Phi) is 4.34. The van der Waals surface area contributed by atoms with Crippen molar-refractivity contribution in [3.63, 3.8) is 0 Å². The molecule has 10 heteroatoms. The molecule has 0 saturated heterocycles. The minimum atomic E-state index is -4.00. The van der Waals surface area contributed by atoms with Gasteiger partial charge in [0.15, 0.2) is 0 Å². The molecule has 1 heterocycles. The van der Waals surface area contributed by atoms with E-state index < -0.39 is 22.2 Å². The third-order valence-corrected chi connectivity index (χ3v) is 4.95. The summed E-state index contributed by atoms with van der Waals surface area (Å²) < 4.78 is 26.4. The number of anilines is 2. The fraction of sp³-hybridized carbons (Fsp3) is 0.0625. The van der Waals surface area contributed by atoms with E-state index in [-0.39, 0.29) is 11.4 Å². The summed E-state index contributed by atoms with van der Waals surface area (Å²) in [5, 5.41) is 30.7. The Bertz CT molecular complexity index is 1000. The Hall–Kier alpha value is -3.40. The number of para-hydroxylation sites is 1. The lowest BCUT2D eigenvalue weighted by Crippen LogP contribution is -2.29. The minimum absolute atomic E-state index is 0.0257.